The smallest absolute Gasteiger partial charge is 0.185 e. The first-order chi connectivity index (χ1) is 6.93. The van der Waals surface area contributed by atoms with Crippen LogP contribution in [0.5, 0.6) is 0 Å². The molecule has 0 radical (unpaired) electrons. The number of nitriles is 1. The Morgan fingerprint density at radius 3 is 2.60 bits per heavy atom. The molecule has 0 aliphatic carbocycles. The van der Waals surface area contributed by atoms with E-state index in [0.717, 1.165) is 17.4 Å². The lowest BCUT2D eigenvalue weighted by Gasteiger charge is -1.97. The van der Waals surface area contributed by atoms with Crippen LogP contribution in [0.3, 0.4) is 0 Å². The molecule has 0 unspecified atom stereocenters. The molecular weight excluding hydrogens is 210 g/mol. The van der Waals surface area contributed by atoms with Gasteiger partial charge in [-0.05, 0) is 18.6 Å². The van der Waals surface area contributed by atoms with Gasteiger partial charge in [0.25, 0.3) is 0 Å². The third-order valence-electron chi connectivity index (χ3n) is 1.85. The molecule has 78 valence electrons. The second kappa shape index (κ2) is 4.28. The molecule has 0 saturated carbocycles. The molecular formula is C11H11NO2S. The highest BCUT2D eigenvalue weighted by Gasteiger charge is 2.09. The molecule has 0 amide bonds. The van der Waals surface area contributed by atoms with Crippen LogP contribution in [0.2, 0.25) is 0 Å². The Hall–Kier alpha value is -1.60. The van der Waals surface area contributed by atoms with Crippen molar-refractivity contribution in [2.75, 3.05) is 6.26 Å². The molecule has 0 aliphatic rings. The van der Waals surface area contributed by atoms with Gasteiger partial charge in [0.2, 0.25) is 0 Å². The van der Waals surface area contributed by atoms with Gasteiger partial charge in [0.15, 0.2) is 9.84 Å². The first-order valence-electron chi connectivity index (χ1n) is 4.32. The van der Waals surface area contributed by atoms with Crippen molar-refractivity contribution >= 4 is 15.9 Å². The first kappa shape index (κ1) is 11.5. The van der Waals surface area contributed by atoms with Crippen molar-refractivity contribution in [2.24, 2.45) is 0 Å². The normalized spacial score (nSPS) is 12.2. The van der Waals surface area contributed by atoms with E-state index in [2.05, 4.69) is 0 Å². The number of nitrogens with zero attached hydrogens (tertiary/aromatic N) is 1. The third-order valence-corrected chi connectivity index (χ3v) is 2.86. The quantitative estimate of drug-likeness (QED) is 0.717. The summed E-state index contributed by atoms with van der Waals surface area (Å²) in [5.74, 6) is 0. The van der Waals surface area contributed by atoms with E-state index in [-0.39, 0.29) is 4.91 Å². The number of hydrogen-bond donors (Lipinski definition) is 0. The predicted octanol–water partition coefficient (Wildman–Crippen LogP) is 1.90. The van der Waals surface area contributed by atoms with E-state index in [4.69, 9.17) is 5.26 Å². The van der Waals surface area contributed by atoms with Gasteiger partial charge in [-0.2, -0.15) is 5.26 Å². The Morgan fingerprint density at radius 2 is 2.13 bits per heavy atom. The van der Waals surface area contributed by atoms with Crippen LogP contribution >= 0.6 is 0 Å². The highest BCUT2D eigenvalue weighted by atomic mass is 32.2. The number of benzene rings is 1. The van der Waals surface area contributed by atoms with E-state index in [1.807, 2.05) is 25.1 Å². The molecule has 0 atom stereocenters. The van der Waals surface area contributed by atoms with Crippen molar-refractivity contribution in [1.82, 2.24) is 0 Å². The maximum Gasteiger partial charge on any atom is 0.185 e. The van der Waals surface area contributed by atoms with Gasteiger partial charge in [-0.15, -0.1) is 0 Å². The fourth-order valence-electron chi connectivity index (χ4n) is 1.13. The molecule has 0 heterocycles. The molecule has 0 spiro atoms. The highest BCUT2D eigenvalue weighted by Crippen LogP contribution is 2.12. The van der Waals surface area contributed by atoms with E-state index in [0.29, 0.717) is 0 Å². The largest absolute Gasteiger partial charge is 0.223 e. The first-order valence-corrected chi connectivity index (χ1v) is 6.21. The summed E-state index contributed by atoms with van der Waals surface area (Å²) in [7, 11) is -3.43. The van der Waals surface area contributed by atoms with Crippen molar-refractivity contribution in [3.05, 3.63) is 40.3 Å². The lowest BCUT2D eigenvalue weighted by molar-refractivity contribution is 0.609. The minimum atomic E-state index is -3.43. The minimum absolute atomic E-state index is 0.215. The van der Waals surface area contributed by atoms with E-state index in [1.54, 1.807) is 12.1 Å². The molecule has 1 rings (SSSR count). The predicted molar refractivity (Wildman–Crippen MR) is 59.6 cm³/mol. The lowest BCUT2D eigenvalue weighted by atomic mass is 10.1. The maximum absolute atomic E-state index is 11.2. The second-order valence-electron chi connectivity index (χ2n) is 3.31. The summed E-state index contributed by atoms with van der Waals surface area (Å²) < 4.78 is 22.3. The van der Waals surface area contributed by atoms with Crippen LogP contribution in [0, 0.1) is 18.3 Å². The number of allylic oxidation sites excluding steroid dienone is 1. The SMILES string of the molecule is Cc1cccc(/C=C(\C#N)S(C)(=O)=O)c1. The van der Waals surface area contributed by atoms with Crippen molar-refractivity contribution in [3.8, 4) is 6.07 Å². The van der Waals surface area contributed by atoms with Crippen LogP contribution < -0.4 is 0 Å². The van der Waals surface area contributed by atoms with Gasteiger partial charge in [0, 0.05) is 6.26 Å². The fourth-order valence-corrected chi connectivity index (χ4v) is 1.65. The molecule has 0 N–H and O–H groups in total. The van der Waals surface area contributed by atoms with Crippen molar-refractivity contribution in [2.45, 2.75) is 6.92 Å². The average Bonchev–Trinajstić information content (AvgIpc) is 2.12. The summed E-state index contributed by atoms with van der Waals surface area (Å²) in [6.45, 7) is 1.91. The summed E-state index contributed by atoms with van der Waals surface area (Å²) in [6.07, 6.45) is 2.40. The molecule has 0 aliphatic heterocycles. The van der Waals surface area contributed by atoms with Crippen LogP contribution in [0.4, 0.5) is 0 Å². The van der Waals surface area contributed by atoms with Crippen molar-refractivity contribution in [1.29, 1.82) is 5.26 Å². The van der Waals surface area contributed by atoms with Crippen molar-refractivity contribution in [3.63, 3.8) is 0 Å². The number of sulfone groups is 1. The summed E-state index contributed by atoms with van der Waals surface area (Å²) in [5.41, 5.74) is 1.74. The molecule has 3 nitrogen and oxygen atoms in total. The second-order valence-corrected chi connectivity index (χ2v) is 5.29. The molecule has 1 aromatic carbocycles. The van der Waals surface area contributed by atoms with Crippen LogP contribution in [-0.2, 0) is 9.84 Å². The summed E-state index contributed by atoms with van der Waals surface area (Å²) in [4.78, 5) is -0.215. The van der Waals surface area contributed by atoms with Gasteiger partial charge in [-0.25, -0.2) is 8.42 Å². The summed E-state index contributed by atoms with van der Waals surface area (Å²) in [5, 5.41) is 8.69. The van der Waals surface area contributed by atoms with Crippen LogP contribution in [-0.4, -0.2) is 14.7 Å². The van der Waals surface area contributed by atoms with E-state index < -0.39 is 9.84 Å². The van der Waals surface area contributed by atoms with Gasteiger partial charge in [-0.1, -0.05) is 29.8 Å². The zero-order valence-electron chi connectivity index (χ0n) is 8.56. The molecule has 0 fully saturated rings. The fraction of sp³-hybridized carbons (Fsp3) is 0.182. The Labute approximate surface area is 89.6 Å². The van der Waals surface area contributed by atoms with Gasteiger partial charge < -0.3 is 0 Å². The van der Waals surface area contributed by atoms with Crippen molar-refractivity contribution < 1.29 is 8.42 Å². The zero-order chi connectivity index (χ0) is 11.5. The van der Waals surface area contributed by atoms with Gasteiger partial charge in [0.05, 0.1) is 0 Å². The van der Waals surface area contributed by atoms with E-state index in [1.165, 1.54) is 6.08 Å². The summed E-state index contributed by atoms with van der Waals surface area (Å²) >= 11 is 0. The van der Waals surface area contributed by atoms with Gasteiger partial charge in [0.1, 0.15) is 11.0 Å². The van der Waals surface area contributed by atoms with Crippen LogP contribution in [0.1, 0.15) is 11.1 Å². The standard InChI is InChI=1S/C11H11NO2S/c1-9-4-3-5-10(6-9)7-11(8-12)15(2,13)14/h3-7H,1-2H3/b11-7+. The van der Waals surface area contributed by atoms with Gasteiger partial charge in [-0.3, -0.25) is 0 Å². The van der Waals surface area contributed by atoms with Crippen LogP contribution in [0.25, 0.3) is 6.08 Å². The Bertz CT molecular complexity index is 536. The minimum Gasteiger partial charge on any atom is -0.223 e. The summed E-state index contributed by atoms with van der Waals surface area (Å²) in [6, 6.07) is 8.99. The molecule has 1 aromatic rings. The maximum atomic E-state index is 11.2. The topological polar surface area (TPSA) is 57.9 Å². The molecule has 15 heavy (non-hydrogen) atoms. The number of aryl methyl sites for hydroxylation is 1. The molecule has 4 heteroatoms. The Balaban J connectivity index is 3.23. The highest BCUT2D eigenvalue weighted by molar-refractivity contribution is 7.95. The van der Waals surface area contributed by atoms with E-state index in [9.17, 15) is 8.42 Å². The molecule has 0 aromatic heterocycles. The third kappa shape index (κ3) is 3.22. The van der Waals surface area contributed by atoms with Crippen LogP contribution in [0.15, 0.2) is 29.2 Å². The molecule has 0 saturated heterocycles. The van der Waals surface area contributed by atoms with Gasteiger partial charge >= 0.3 is 0 Å². The number of rotatable bonds is 2. The zero-order valence-corrected chi connectivity index (χ0v) is 9.38. The lowest BCUT2D eigenvalue weighted by Crippen LogP contribution is -1.98. The monoisotopic (exact) mass is 221 g/mol. The molecule has 0 bridgehead atoms. The Morgan fingerprint density at radius 1 is 1.47 bits per heavy atom. The average molecular weight is 221 g/mol. The van der Waals surface area contributed by atoms with E-state index >= 15 is 0 Å². The Kier molecular flexibility index (Phi) is 3.28. The number of hydrogen-bond acceptors (Lipinski definition) is 3.